The van der Waals surface area contributed by atoms with Crippen molar-refractivity contribution in [1.82, 2.24) is 0 Å². The van der Waals surface area contributed by atoms with Gasteiger partial charge < -0.3 is 0 Å². The van der Waals surface area contributed by atoms with E-state index in [0.29, 0.717) is 6.32 Å². The van der Waals surface area contributed by atoms with Gasteiger partial charge in [0.25, 0.3) is 0 Å². The molecule has 2 heteroatoms. The summed E-state index contributed by atoms with van der Waals surface area (Å²) in [4.78, 5) is 0. The van der Waals surface area contributed by atoms with Crippen molar-refractivity contribution in [2.24, 2.45) is 0 Å². The van der Waals surface area contributed by atoms with E-state index in [1.165, 1.54) is 0 Å². The summed E-state index contributed by atoms with van der Waals surface area (Å²) < 4.78 is 0. The van der Waals surface area contributed by atoms with Crippen molar-refractivity contribution >= 4 is 20.3 Å². The van der Waals surface area contributed by atoms with Crippen LogP contribution < -0.4 is 0 Å². The topological polar surface area (TPSA) is 0 Å². The van der Waals surface area contributed by atoms with E-state index in [-0.39, 0.29) is 12.4 Å². The lowest BCUT2D eigenvalue weighted by atomic mass is 10.1. The summed E-state index contributed by atoms with van der Waals surface area (Å²) >= 11 is 0. The first-order valence-electron chi connectivity index (χ1n) is 1.22. The molecule has 0 N–H and O–H groups in total. The van der Waals surface area contributed by atoms with E-state index in [9.17, 15) is 0 Å². The fraction of sp³-hybridized carbons (Fsp3) is 0.333. The van der Waals surface area contributed by atoms with Crippen molar-refractivity contribution in [2.45, 2.75) is 6.32 Å². The third kappa shape index (κ3) is 15.0. The first-order valence-corrected chi connectivity index (χ1v) is 1.22. The number of rotatable bonds is 1. The van der Waals surface area contributed by atoms with Crippen molar-refractivity contribution in [3.05, 3.63) is 12.7 Å². The second-order valence-corrected chi connectivity index (χ2v) is 0.524. The zero-order valence-electron chi connectivity index (χ0n) is 2.98. The van der Waals surface area contributed by atoms with E-state index in [0.717, 1.165) is 0 Å². The molecule has 0 unspecified atom stereocenters. The van der Waals surface area contributed by atoms with Gasteiger partial charge in [-0.1, -0.05) is 6.32 Å². The summed E-state index contributed by atoms with van der Waals surface area (Å²) in [5.74, 6) is 0. The van der Waals surface area contributed by atoms with Crippen LogP contribution in [-0.2, 0) is 0 Å². The summed E-state index contributed by atoms with van der Waals surface area (Å²) in [6, 6.07) is 0. The Hall–Kier alpha value is 0.0949. The molecule has 0 aromatic heterocycles. The lowest BCUT2D eigenvalue weighted by molar-refractivity contribution is 1.76. The van der Waals surface area contributed by atoms with Gasteiger partial charge in [0.1, 0.15) is 0 Å². The number of hydrogen-bond acceptors (Lipinski definition) is 0. The highest BCUT2D eigenvalue weighted by Gasteiger charge is 1.46. The van der Waals surface area contributed by atoms with Gasteiger partial charge in [-0.2, -0.15) is 0 Å². The predicted octanol–water partition coefficient (Wildman–Crippen LogP) is 1.18. The van der Waals surface area contributed by atoms with Crippen molar-refractivity contribution in [1.29, 1.82) is 0 Å². The van der Waals surface area contributed by atoms with Crippen molar-refractivity contribution < 1.29 is 0 Å². The van der Waals surface area contributed by atoms with Crippen LogP contribution in [0.3, 0.4) is 0 Å². The molecule has 0 saturated heterocycles. The Kier molecular flexibility index (Phi) is 15.9. The predicted molar refractivity (Wildman–Crippen MR) is 28.0 cm³/mol. The van der Waals surface area contributed by atoms with Crippen LogP contribution in [-0.4, -0.2) is 7.85 Å². The molecule has 0 aromatic carbocycles. The van der Waals surface area contributed by atoms with Gasteiger partial charge >= 0.3 is 0 Å². The molecular weight excluding hydrogens is 82.3 g/mol. The molecule has 0 spiro atoms. The molecule has 0 heterocycles. The molecule has 0 rings (SSSR count). The zero-order chi connectivity index (χ0) is 3.41. The Balaban J connectivity index is 0. The summed E-state index contributed by atoms with van der Waals surface area (Å²) in [5.41, 5.74) is 0. The number of halogens is 1. The highest BCUT2D eigenvalue weighted by molar-refractivity contribution is 6.09. The zero-order valence-corrected chi connectivity index (χ0v) is 3.79. The van der Waals surface area contributed by atoms with Gasteiger partial charge in [-0.25, -0.2) is 0 Å². The molecule has 0 aromatic rings. The van der Waals surface area contributed by atoms with E-state index < -0.39 is 0 Å². The summed E-state index contributed by atoms with van der Waals surface area (Å²) in [6.07, 6.45) is 2.24. The third-order valence-electron chi connectivity index (χ3n) is 0.167. The molecular formula is C3H6BCl. The molecule has 0 bridgehead atoms. The Bertz CT molecular complexity index is 20.9. The average molecular weight is 88.3 g/mol. The minimum absolute atomic E-state index is 0. The smallest absolute Gasteiger partial charge is 0.0708 e. The van der Waals surface area contributed by atoms with Gasteiger partial charge in [-0.05, 0) is 0 Å². The molecule has 0 amide bonds. The maximum atomic E-state index is 4.91. The van der Waals surface area contributed by atoms with Crippen molar-refractivity contribution in [3.8, 4) is 0 Å². The molecule has 0 aliphatic heterocycles. The molecule has 0 saturated carbocycles. The van der Waals surface area contributed by atoms with Crippen LogP contribution in [0.1, 0.15) is 0 Å². The quantitative estimate of drug-likeness (QED) is 0.333. The molecule has 0 aliphatic carbocycles. The second-order valence-electron chi connectivity index (χ2n) is 0.524. The van der Waals surface area contributed by atoms with Crippen LogP contribution in [0.15, 0.2) is 12.7 Å². The van der Waals surface area contributed by atoms with Crippen LogP contribution in [0.4, 0.5) is 0 Å². The van der Waals surface area contributed by atoms with E-state index in [2.05, 4.69) is 6.58 Å². The maximum absolute atomic E-state index is 4.91. The van der Waals surface area contributed by atoms with E-state index in [4.69, 9.17) is 7.85 Å². The van der Waals surface area contributed by atoms with Gasteiger partial charge in [0.2, 0.25) is 0 Å². The Morgan fingerprint density at radius 3 is 2.00 bits per heavy atom. The first kappa shape index (κ1) is 8.92. The average Bonchev–Trinajstić information content (AvgIpc) is 1.37. The Labute approximate surface area is 40.1 Å². The van der Waals surface area contributed by atoms with Crippen LogP contribution >= 0.6 is 12.4 Å². The van der Waals surface area contributed by atoms with Crippen LogP contribution in [0, 0.1) is 0 Å². The fourth-order valence-electron chi connectivity index (χ4n) is 0. The highest BCUT2D eigenvalue weighted by atomic mass is 35.5. The van der Waals surface area contributed by atoms with E-state index in [1.54, 1.807) is 6.08 Å². The van der Waals surface area contributed by atoms with Gasteiger partial charge in [0.15, 0.2) is 0 Å². The number of hydrogen-bond donors (Lipinski definition) is 0. The van der Waals surface area contributed by atoms with Gasteiger partial charge in [0, 0.05) is 0 Å². The Morgan fingerprint density at radius 1 is 1.80 bits per heavy atom. The van der Waals surface area contributed by atoms with Crippen LogP contribution in [0.2, 0.25) is 6.32 Å². The molecule has 0 nitrogen and oxygen atoms in total. The second kappa shape index (κ2) is 8.94. The summed E-state index contributed by atoms with van der Waals surface area (Å²) in [5, 5.41) is 0. The minimum atomic E-state index is 0. The lowest BCUT2D eigenvalue weighted by Crippen LogP contribution is -1.47. The van der Waals surface area contributed by atoms with Crippen molar-refractivity contribution in [3.63, 3.8) is 0 Å². The molecule has 0 atom stereocenters. The van der Waals surface area contributed by atoms with Gasteiger partial charge in [0.05, 0.1) is 7.85 Å². The highest BCUT2D eigenvalue weighted by Crippen LogP contribution is 1.61. The molecule has 2 radical (unpaired) electrons. The monoisotopic (exact) mass is 88.0 g/mol. The summed E-state index contributed by atoms with van der Waals surface area (Å²) in [7, 11) is 4.91. The third-order valence-corrected chi connectivity index (χ3v) is 0.167. The first-order chi connectivity index (χ1) is 1.91. The van der Waals surface area contributed by atoms with Crippen LogP contribution in [0.25, 0.3) is 0 Å². The van der Waals surface area contributed by atoms with Gasteiger partial charge in [-0.15, -0.1) is 25.1 Å². The van der Waals surface area contributed by atoms with Crippen LogP contribution in [0.5, 0.6) is 0 Å². The SMILES string of the molecule is Cl.[B]CC=C. The molecule has 28 valence electrons. The van der Waals surface area contributed by atoms with E-state index in [1.807, 2.05) is 0 Å². The maximum Gasteiger partial charge on any atom is 0.0708 e. The minimum Gasteiger partial charge on any atom is -0.147 e. The fourth-order valence-corrected chi connectivity index (χ4v) is 0. The van der Waals surface area contributed by atoms with Crippen molar-refractivity contribution in [2.75, 3.05) is 0 Å². The standard InChI is InChI=1S/C3H5B.ClH/c1-2-3-4;/h2H,1,3H2;1H. The Morgan fingerprint density at radius 2 is 2.00 bits per heavy atom. The van der Waals surface area contributed by atoms with Gasteiger partial charge in [-0.3, -0.25) is 0 Å². The van der Waals surface area contributed by atoms with E-state index >= 15 is 0 Å². The summed E-state index contributed by atoms with van der Waals surface area (Å²) in [6.45, 7) is 3.35. The normalized spacial score (nSPS) is 4.80. The lowest BCUT2D eigenvalue weighted by Gasteiger charge is -1.57. The number of allylic oxidation sites excluding steroid dienone is 1. The molecule has 5 heavy (non-hydrogen) atoms. The molecule has 0 fully saturated rings. The molecule has 0 aliphatic rings. The largest absolute Gasteiger partial charge is 0.147 e.